The molecule has 0 aliphatic rings. The number of thiophene rings is 1. The number of amides is 3. The molecule has 184 valence electrons. The van der Waals surface area contributed by atoms with Gasteiger partial charge in [0.25, 0.3) is 0 Å². The third kappa shape index (κ3) is 7.41. The second kappa shape index (κ2) is 11.7. The second-order valence-corrected chi connectivity index (χ2v) is 8.63. The molecular formula is C25H23F4N3O2S. The van der Waals surface area contributed by atoms with Gasteiger partial charge in [-0.1, -0.05) is 36.4 Å². The minimum Gasteiger partial charge on any atom is -0.332 e. The number of rotatable bonds is 9. The van der Waals surface area contributed by atoms with Gasteiger partial charge in [-0.3, -0.25) is 4.79 Å². The highest BCUT2D eigenvalue weighted by Gasteiger charge is 2.34. The largest absolute Gasteiger partial charge is 0.418 e. The smallest absolute Gasteiger partial charge is 0.332 e. The van der Waals surface area contributed by atoms with Crippen molar-refractivity contribution in [1.29, 1.82) is 0 Å². The lowest BCUT2D eigenvalue weighted by atomic mass is 10.1. The van der Waals surface area contributed by atoms with E-state index in [4.69, 9.17) is 0 Å². The third-order valence-corrected chi connectivity index (χ3v) is 5.86. The van der Waals surface area contributed by atoms with Crippen molar-refractivity contribution >= 4 is 29.0 Å². The second-order valence-electron chi connectivity index (χ2n) is 7.60. The van der Waals surface area contributed by atoms with Crippen LogP contribution in [0.15, 0.2) is 78.7 Å². The number of nitrogens with one attached hydrogen (secondary N) is 1. The topological polar surface area (TPSA) is 52.7 Å². The highest BCUT2D eigenvalue weighted by atomic mass is 32.1. The molecule has 3 amide bonds. The van der Waals surface area contributed by atoms with Crippen LogP contribution < -0.4 is 5.32 Å². The molecular weight excluding hydrogens is 482 g/mol. The van der Waals surface area contributed by atoms with Crippen LogP contribution in [0, 0.1) is 5.82 Å². The lowest BCUT2D eigenvalue weighted by Crippen LogP contribution is -2.44. The summed E-state index contributed by atoms with van der Waals surface area (Å²) in [7, 11) is 0. The van der Waals surface area contributed by atoms with Crippen LogP contribution in [0.4, 0.5) is 28.0 Å². The molecule has 0 bridgehead atoms. The van der Waals surface area contributed by atoms with E-state index in [1.807, 2.05) is 17.5 Å². The summed E-state index contributed by atoms with van der Waals surface area (Å²) >= 11 is 1.45. The minimum atomic E-state index is -4.66. The molecule has 3 aromatic rings. The van der Waals surface area contributed by atoms with Crippen molar-refractivity contribution < 1.29 is 27.2 Å². The van der Waals surface area contributed by atoms with E-state index in [-0.39, 0.29) is 19.6 Å². The van der Waals surface area contributed by atoms with Gasteiger partial charge in [-0.2, -0.15) is 13.2 Å². The monoisotopic (exact) mass is 505 g/mol. The van der Waals surface area contributed by atoms with Crippen LogP contribution in [0.1, 0.15) is 16.0 Å². The third-order valence-electron chi connectivity index (χ3n) is 5.00. The molecule has 35 heavy (non-hydrogen) atoms. The maximum Gasteiger partial charge on any atom is 0.418 e. The van der Waals surface area contributed by atoms with Crippen molar-refractivity contribution in [3.8, 4) is 0 Å². The number of para-hydroxylation sites is 1. The highest BCUT2D eigenvalue weighted by molar-refractivity contribution is 7.09. The molecule has 1 aromatic heterocycles. The van der Waals surface area contributed by atoms with E-state index in [1.54, 1.807) is 12.1 Å². The zero-order chi connectivity index (χ0) is 25.4. The SMILES string of the molecule is C=CCN(CC(=O)N(Cc1ccc(F)cc1)Cc1cccs1)C(=O)Nc1ccccc1C(F)(F)F. The Morgan fingerprint density at radius 3 is 2.31 bits per heavy atom. The van der Waals surface area contributed by atoms with Crippen LogP contribution in [0.25, 0.3) is 0 Å². The zero-order valence-corrected chi connectivity index (χ0v) is 19.4. The first-order valence-electron chi connectivity index (χ1n) is 10.5. The molecule has 0 unspecified atom stereocenters. The first-order valence-corrected chi connectivity index (χ1v) is 11.4. The van der Waals surface area contributed by atoms with Gasteiger partial charge in [0, 0.05) is 18.0 Å². The van der Waals surface area contributed by atoms with Crippen LogP contribution in [0.3, 0.4) is 0 Å². The van der Waals surface area contributed by atoms with Crippen molar-refractivity contribution in [1.82, 2.24) is 9.80 Å². The van der Waals surface area contributed by atoms with Gasteiger partial charge in [0.2, 0.25) is 5.91 Å². The number of hydrogen-bond donors (Lipinski definition) is 1. The van der Waals surface area contributed by atoms with E-state index in [2.05, 4.69) is 11.9 Å². The van der Waals surface area contributed by atoms with Gasteiger partial charge in [-0.05, 0) is 41.3 Å². The maximum absolute atomic E-state index is 13.3. The lowest BCUT2D eigenvalue weighted by Gasteiger charge is -2.27. The molecule has 0 spiro atoms. The van der Waals surface area contributed by atoms with E-state index in [0.717, 1.165) is 21.9 Å². The Kier molecular flexibility index (Phi) is 8.64. The summed E-state index contributed by atoms with van der Waals surface area (Å²) in [5.41, 5.74) is -0.711. The van der Waals surface area contributed by atoms with E-state index < -0.39 is 41.7 Å². The number of benzene rings is 2. The summed E-state index contributed by atoms with van der Waals surface area (Å²) in [5, 5.41) is 4.12. The molecule has 0 atom stereocenters. The van der Waals surface area contributed by atoms with Gasteiger partial charge < -0.3 is 15.1 Å². The molecule has 1 heterocycles. The molecule has 0 saturated heterocycles. The van der Waals surface area contributed by atoms with Gasteiger partial charge >= 0.3 is 12.2 Å². The Hall–Kier alpha value is -3.66. The van der Waals surface area contributed by atoms with Crippen LogP contribution >= 0.6 is 11.3 Å². The summed E-state index contributed by atoms with van der Waals surface area (Å²) in [5.74, 6) is -0.832. The number of nitrogens with zero attached hydrogens (tertiary/aromatic N) is 2. The van der Waals surface area contributed by atoms with Crippen LogP contribution in [-0.4, -0.2) is 34.8 Å². The number of hydrogen-bond acceptors (Lipinski definition) is 3. The summed E-state index contributed by atoms with van der Waals surface area (Å²) in [6.45, 7) is 3.55. The Morgan fingerprint density at radius 2 is 1.69 bits per heavy atom. The molecule has 5 nitrogen and oxygen atoms in total. The first kappa shape index (κ1) is 26.0. The summed E-state index contributed by atoms with van der Waals surface area (Å²) < 4.78 is 53.2. The molecule has 3 rings (SSSR count). The minimum absolute atomic E-state index is 0.0604. The molecule has 0 radical (unpaired) electrons. The van der Waals surface area contributed by atoms with Crippen LogP contribution in [0.5, 0.6) is 0 Å². The van der Waals surface area contributed by atoms with Gasteiger partial charge in [-0.25, -0.2) is 9.18 Å². The van der Waals surface area contributed by atoms with Gasteiger partial charge in [0.05, 0.1) is 17.8 Å². The molecule has 0 aliphatic heterocycles. The normalized spacial score (nSPS) is 11.1. The zero-order valence-electron chi connectivity index (χ0n) is 18.6. The standard InChI is InChI=1S/C25H23F4N3O2S/c1-2-13-31(24(34)30-22-8-4-3-7-21(22)25(27,28)29)17-23(33)32(16-20-6-5-14-35-20)15-18-9-11-19(26)12-10-18/h2-12,14H,1,13,15-17H2,(H,30,34). The quantitative estimate of drug-likeness (QED) is 0.280. The Balaban J connectivity index is 1.78. The van der Waals surface area contributed by atoms with Gasteiger partial charge in [0.1, 0.15) is 12.4 Å². The summed E-state index contributed by atoms with van der Waals surface area (Å²) in [6.07, 6.45) is -3.28. The number of urea groups is 1. The first-order chi connectivity index (χ1) is 16.7. The molecule has 0 fully saturated rings. The fraction of sp³-hybridized carbons (Fsp3) is 0.200. The van der Waals surface area contributed by atoms with E-state index in [9.17, 15) is 27.2 Å². The fourth-order valence-electron chi connectivity index (χ4n) is 3.31. The summed E-state index contributed by atoms with van der Waals surface area (Å²) in [4.78, 5) is 29.6. The van der Waals surface area contributed by atoms with Crippen LogP contribution in [0.2, 0.25) is 0 Å². The maximum atomic E-state index is 13.3. The Bertz CT molecular complexity index is 1150. The predicted octanol–water partition coefficient (Wildman–Crippen LogP) is 6.15. The molecule has 0 saturated carbocycles. The average Bonchev–Trinajstić information content (AvgIpc) is 3.32. The number of carbonyl (C=O) groups is 2. The average molecular weight is 506 g/mol. The Morgan fingerprint density at radius 1 is 0.971 bits per heavy atom. The highest BCUT2D eigenvalue weighted by Crippen LogP contribution is 2.34. The van der Waals surface area contributed by atoms with Crippen molar-refractivity contribution in [3.05, 3.63) is 101 Å². The summed E-state index contributed by atoms with van der Waals surface area (Å²) in [6, 6.07) is 13.1. The lowest BCUT2D eigenvalue weighted by molar-refractivity contribution is -0.137. The van der Waals surface area contributed by atoms with Crippen molar-refractivity contribution in [2.45, 2.75) is 19.3 Å². The molecule has 2 aromatic carbocycles. The number of alkyl halides is 3. The van der Waals surface area contributed by atoms with E-state index in [1.165, 1.54) is 46.6 Å². The van der Waals surface area contributed by atoms with Crippen molar-refractivity contribution in [3.63, 3.8) is 0 Å². The van der Waals surface area contributed by atoms with E-state index in [0.29, 0.717) is 5.56 Å². The molecule has 1 N–H and O–H groups in total. The van der Waals surface area contributed by atoms with E-state index >= 15 is 0 Å². The molecule has 0 aliphatic carbocycles. The number of carbonyl (C=O) groups excluding carboxylic acids is 2. The van der Waals surface area contributed by atoms with Gasteiger partial charge in [-0.15, -0.1) is 17.9 Å². The predicted molar refractivity (Wildman–Crippen MR) is 127 cm³/mol. The number of anilines is 1. The fourth-order valence-corrected chi connectivity index (χ4v) is 4.02. The number of halogens is 4. The van der Waals surface area contributed by atoms with Crippen LogP contribution in [-0.2, 0) is 24.1 Å². The Labute approximate surface area is 204 Å². The van der Waals surface area contributed by atoms with Gasteiger partial charge in [0.15, 0.2) is 0 Å². The van der Waals surface area contributed by atoms with Crippen molar-refractivity contribution in [2.75, 3.05) is 18.4 Å². The van der Waals surface area contributed by atoms with Crippen molar-refractivity contribution in [2.24, 2.45) is 0 Å². The molecule has 10 heteroatoms.